The summed E-state index contributed by atoms with van der Waals surface area (Å²) in [6, 6.07) is 3.53. The van der Waals surface area contributed by atoms with Crippen molar-refractivity contribution in [1.29, 1.82) is 0 Å². The van der Waals surface area contributed by atoms with Crippen LogP contribution in [0.4, 0.5) is 5.82 Å². The third kappa shape index (κ3) is 3.69. The number of nitrogens with one attached hydrogen (secondary N) is 1. The van der Waals surface area contributed by atoms with Crippen molar-refractivity contribution in [2.75, 3.05) is 38.4 Å². The molecule has 6 heteroatoms. The predicted octanol–water partition coefficient (Wildman–Crippen LogP) is 0.446. The minimum Gasteiger partial charge on any atom is -0.480 e. The van der Waals surface area contributed by atoms with Crippen LogP contribution in [0.5, 0.6) is 5.75 Å². The predicted molar refractivity (Wildman–Crippen MR) is 60.0 cm³/mol. The summed E-state index contributed by atoms with van der Waals surface area (Å²) in [6.07, 6.45) is 1.60. The number of fused-ring (bicyclic) bond motifs is 1. The van der Waals surface area contributed by atoms with Crippen molar-refractivity contribution in [2.45, 2.75) is 0 Å². The second-order valence-electron chi connectivity index (χ2n) is 3.41. The highest BCUT2D eigenvalue weighted by molar-refractivity contribution is 5.94. The maximum absolute atomic E-state index is 10.7. The highest BCUT2D eigenvalue weighted by Crippen LogP contribution is 2.23. The van der Waals surface area contributed by atoms with Gasteiger partial charge < -0.3 is 19.5 Å². The molecule has 3 rings (SSSR count). The largest absolute Gasteiger partial charge is 0.480 e. The summed E-state index contributed by atoms with van der Waals surface area (Å²) >= 11 is 0. The lowest BCUT2D eigenvalue weighted by Gasteiger charge is -2.15. The van der Waals surface area contributed by atoms with Gasteiger partial charge >= 0.3 is 0 Å². The summed E-state index contributed by atoms with van der Waals surface area (Å²) in [7, 11) is 0. The molecule has 1 N–H and O–H groups in total. The fraction of sp³-hybridized carbons (Fsp3) is 0.455. The summed E-state index contributed by atoms with van der Waals surface area (Å²) in [4.78, 5) is 14.7. The topological polar surface area (TPSA) is 69.7 Å². The quantitative estimate of drug-likeness (QED) is 0.710. The van der Waals surface area contributed by atoms with Crippen LogP contribution >= 0.6 is 0 Å². The Labute approximate surface area is 98.9 Å². The van der Waals surface area contributed by atoms with Crippen molar-refractivity contribution in [3.8, 4) is 5.75 Å². The third-order valence-corrected chi connectivity index (χ3v) is 2.13. The van der Waals surface area contributed by atoms with Crippen LogP contribution in [0.2, 0.25) is 0 Å². The number of hydrogen-bond acceptors (Lipinski definition) is 5. The van der Waals surface area contributed by atoms with Crippen molar-refractivity contribution in [3.05, 3.63) is 18.3 Å². The van der Waals surface area contributed by atoms with Crippen LogP contribution in [0.1, 0.15) is 0 Å². The molecule has 0 spiro atoms. The molecule has 2 aliphatic heterocycles. The summed E-state index contributed by atoms with van der Waals surface area (Å²) in [5.41, 5.74) is 0. The molecule has 1 amide bonds. The van der Waals surface area contributed by atoms with E-state index in [1.165, 1.54) is 0 Å². The van der Waals surface area contributed by atoms with E-state index < -0.39 is 0 Å². The Morgan fingerprint density at radius 2 is 1.88 bits per heavy atom. The van der Waals surface area contributed by atoms with Gasteiger partial charge in [-0.05, 0) is 12.1 Å². The van der Waals surface area contributed by atoms with E-state index in [4.69, 9.17) is 14.2 Å². The Balaban J connectivity index is 0.000000153. The van der Waals surface area contributed by atoms with Crippen LogP contribution in [0.15, 0.2) is 18.3 Å². The van der Waals surface area contributed by atoms with E-state index in [0.717, 1.165) is 26.4 Å². The Morgan fingerprint density at radius 1 is 1.18 bits per heavy atom. The Hall–Kier alpha value is -1.66. The molecule has 0 atom stereocenters. The molecule has 1 aromatic rings. The van der Waals surface area contributed by atoms with Crippen molar-refractivity contribution in [1.82, 2.24) is 4.98 Å². The lowest BCUT2D eigenvalue weighted by Crippen LogP contribution is -2.25. The first-order valence-electron chi connectivity index (χ1n) is 5.39. The maximum atomic E-state index is 10.7. The van der Waals surface area contributed by atoms with Gasteiger partial charge in [-0.25, -0.2) is 4.98 Å². The smallest absolute Gasteiger partial charge is 0.263 e. The number of aromatic nitrogens is 1. The fourth-order valence-electron chi connectivity index (χ4n) is 1.35. The van der Waals surface area contributed by atoms with E-state index in [-0.39, 0.29) is 12.5 Å². The van der Waals surface area contributed by atoms with Gasteiger partial charge in [-0.3, -0.25) is 4.79 Å². The summed E-state index contributed by atoms with van der Waals surface area (Å²) in [5.74, 6) is 0.979. The number of pyridine rings is 1. The zero-order chi connectivity index (χ0) is 11.9. The maximum Gasteiger partial charge on any atom is 0.263 e. The second-order valence-corrected chi connectivity index (χ2v) is 3.41. The van der Waals surface area contributed by atoms with Gasteiger partial charge in [-0.1, -0.05) is 0 Å². The van der Waals surface area contributed by atoms with Crippen LogP contribution in [0.3, 0.4) is 0 Å². The number of carbonyl (C=O) groups excluding carboxylic acids is 1. The van der Waals surface area contributed by atoms with Gasteiger partial charge in [-0.2, -0.15) is 0 Å². The fourth-order valence-corrected chi connectivity index (χ4v) is 1.35. The molecule has 3 heterocycles. The molecule has 1 fully saturated rings. The molecule has 92 valence electrons. The highest BCUT2D eigenvalue weighted by atomic mass is 16.6. The van der Waals surface area contributed by atoms with Gasteiger partial charge in [0.15, 0.2) is 18.2 Å². The normalized spacial score (nSPS) is 18.0. The molecule has 1 saturated heterocycles. The molecule has 0 aliphatic carbocycles. The number of ether oxygens (including phenoxy) is 3. The van der Waals surface area contributed by atoms with Gasteiger partial charge in [0.1, 0.15) is 0 Å². The standard InChI is InChI=1S/C7H6N2O2.C4H8O2/c10-6-4-11-5-2-1-3-8-7(5)9-6;1-2-6-4-3-5-1/h1-3H,4H2,(H,8,9,10);1-4H2. The van der Waals surface area contributed by atoms with Crippen LogP contribution in [0, 0.1) is 0 Å². The molecule has 2 aliphatic rings. The van der Waals surface area contributed by atoms with Gasteiger partial charge in [-0.15, -0.1) is 0 Å². The van der Waals surface area contributed by atoms with E-state index in [9.17, 15) is 4.79 Å². The minimum absolute atomic E-state index is 0.0820. The molecule has 6 nitrogen and oxygen atoms in total. The van der Waals surface area contributed by atoms with Crippen molar-refractivity contribution >= 4 is 11.7 Å². The van der Waals surface area contributed by atoms with Crippen LogP contribution in [-0.2, 0) is 14.3 Å². The van der Waals surface area contributed by atoms with Crippen molar-refractivity contribution in [2.24, 2.45) is 0 Å². The van der Waals surface area contributed by atoms with E-state index in [1.807, 2.05) is 0 Å². The number of nitrogens with zero attached hydrogens (tertiary/aromatic N) is 1. The SMILES string of the molecule is C1COCCO1.O=C1COc2cccnc2N1. The Kier molecular flexibility index (Phi) is 4.29. The molecule has 0 unspecified atom stereocenters. The van der Waals surface area contributed by atoms with Crippen molar-refractivity contribution in [3.63, 3.8) is 0 Å². The first kappa shape index (κ1) is 11.8. The van der Waals surface area contributed by atoms with Gasteiger partial charge in [0.05, 0.1) is 26.4 Å². The lowest BCUT2D eigenvalue weighted by atomic mass is 10.4. The number of amides is 1. The number of anilines is 1. The monoisotopic (exact) mass is 238 g/mol. The molecule has 17 heavy (non-hydrogen) atoms. The van der Waals surface area contributed by atoms with Crippen LogP contribution in [-0.4, -0.2) is 43.9 Å². The molecule has 0 radical (unpaired) electrons. The third-order valence-electron chi connectivity index (χ3n) is 2.13. The van der Waals surface area contributed by atoms with E-state index in [1.54, 1.807) is 18.3 Å². The number of rotatable bonds is 0. The second kappa shape index (κ2) is 6.17. The minimum atomic E-state index is -0.156. The first-order valence-corrected chi connectivity index (χ1v) is 5.39. The summed E-state index contributed by atoms with van der Waals surface area (Å²) in [6.45, 7) is 3.19. The van der Waals surface area contributed by atoms with E-state index in [0.29, 0.717) is 11.6 Å². The van der Waals surface area contributed by atoms with Crippen LogP contribution in [0.25, 0.3) is 0 Å². The summed E-state index contributed by atoms with van der Waals surface area (Å²) < 4.78 is 15.0. The Morgan fingerprint density at radius 3 is 2.53 bits per heavy atom. The highest BCUT2D eigenvalue weighted by Gasteiger charge is 2.15. The number of hydrogen-bond donors (Lipinski definition) is 1. The van der Waals surface area contributed by atoms with Gasteiger partial charge in [0, 0.05) is 6.20 Å². The van der Waals surface area contributed by atoms with Gasteiger partial charge in [0.25, 0.3) is 5.91 Å². The first-order chi connectivity index (χ1) is 8.36. The van der Waals surface area contributed by atoms with Gasteiger partial charge in [0.2, 0.25) is 0 Å². The molecule has 0 bridgehead atoms. The average Bonchev–Trinajstić information content (AvgIpc) is 2.41. The molecular weight excluding hydrogens is 224 g/mol. The molecular formula is C11H14N2O4. The molecule has 0 aromatic carbocycles. The zero-order valence-electron chi connectivity index (χ0n) is 9.35. The molecule has 0 saturated carbocycles. The van der Waals surface area contributed by atoms with Crippen molar-refractivity contribution < 1.29 is 19.0 Å². The zero-order valence-corrected chi connectivity index (χ0v) is 9.35. The lowest BCUT2D eigenvalue weighted by molar-refractivity contribution is -0.118. The number of carbonyl (C=O) groups is 1. The van der Waals surface area contributed by atoms with Crippen LogP contribution < -0.4 is 10.1 Å². The van der Waals surface area contributed by atoms with E-state index >= 15 is 0 Å². The molecule has 1 aromatic heterocycles. The Bertz CT molecular complexity index is 368. The summed E-state index contributed by atoms with van der Waals surface area (Å²) in [5, 5.41) is 2.58. The average molecular weight is 238 g/mol. The van der Waals surface area contributed by atoms with E-state index in [2.05, 4.69) is 10.3 Å².